The first-order valence-electron chi connectivity index (χ1n) is 5.63. The summed E-state index contributed by atoms with van der Waals surface area (Å²) in [6.07, 6.45) is 0.607. The van der Waals surface area contributed by atoms with Crippen molar-refractivity contribution in [1.82, 2.24) is 0 Å². The zero-order valence-corrected chi connectivity index (χ0v) is 9.19. The first-order valence-corrected chi connectivity index (χ1v) is 5.63. The number of fused-ring (bicyclic) bond motifs is 1. The summed E-state index contributed by atoms with van der Waals surface area (Å²) in [6, 6.07) is 14.1. The van der Waals surface area contributed by atoms with Gasteiger partial charge in [-0.25, -0.2) is 4.39 Å². The lowest BCUT2D eigenvalue weighted by atomic mass is 9.95. The summed E-state index contributed by atoms with van der Waals surface area (Å²) in [5.74, 6) is -0.315. The summed E-state index contributed by atoms with van der Waals surface area (Å²) in [7, 11) is 0. The number of hydrogen-bond donors (Lipinski definition) is 0. The Morgan fingerprint density at radius 1 is 1.06 bits per heavy atom. The van der Waals surface area contributed by atoms with Gasteiger partial charge >= 0.3 is 0 Å². The molecule has 0 spiro atoms. The van der Waals surface area contributed by atoms with Gasteiger partial charge in [-0.1, -0.05) is 30.3 Å². The first-order chi connectivity index (χ1) is 8.25. The zero-order chi connectivity index (χ0) is 11.8. The highest BCUT2D eigenvalue weighted by atomic mass is 19.1. The van der Waals surface area contributed by atoms with Crippen molar-refractivity contribution in [2.75, 3.05) is 0 Å². The van der Waals surface area contributed by atoms with Crippen molar-refractivity contribution in [2.24, 2.45) is 0 Å². The number of carbonyl (C=O) groups is 1. The number of halogens is 1. The second kappa shape index (κ2) is 3.81. The highest BCUT2D eigenvalue weighted by Crippen LogP contribution is 2.34. The molecule has 0 radical (unpaired) electrons. The van der Waals surface area contributed by atoms with Crippen molar-refractivity contribution in [2.45, 2.75) is 12.3 Å². The van der Waals surface area contributed by atoms with Crippen molar-refractivity contribution >= 4 is 5.78 Å². The predicted molar refractivity (Wildman–Crippen MR) is 63.6 cm³/mol. The second-order valence-electron chi connectivity index (χ2n) is 4.33. The minimum absolute atomic E-state index is 0.103. The third kappa shape index (κ3) is 1.66. The predicted octanol–water partition coefficient (Wildman–Crippen LogP) is 3.35. The van der Waals surface area contributed by atoms with Crippen molar-refractivity contribution in [1.29, 1.82) is 0 Å². The molecular formula is C15H11FO. The molecule has 84 valence electrons. The summed E-state index contributed by atoms with van der Waals surface area (Å²) >= 11 is 0. The fourth-order valence-electron chi connectivity index (χ4n) is 2.43. The van der Waals surface area contributed by atoms with Gasteiger partial charge in [-0.3, -0.25) is 4.79 Å². The van der Waals surface area contributed by atoms with Crippen LogP contribution in [0.5, 0.6) is 0 Å². The lowest BCUT2D eigenvalue weighted by molar-refractivity contribution is 0.0973. The summed E-state index contributed by atoms with van der Waals surface area (Å²) in [4.78, 5) is 12.2. The van der Waals surface area contributed by atoms with Crippen molar-refractivity contribution in [3.05, 3.63) is 71.0 Å². The molecule has 0 aliphatic heterocycles. The Labute approximate surface area is 98.9 Å². The fourth-order valence-corrected chi connectivity index (χ4v) is 2.43. The number of benzene rings is 2. The van der Waals surface area contributed by atoms with Gasteiger partial charge in [0.25, 0.3) is 0 Å². The van der Waals surface area contributed by atoms with Gasteiger partial charge in [0.15, 0.2) is 5.78 Å². The average molecular weight is 226 g/mol. The van der Waals surface area contributed by atoms with E-state index in [1.165, 1.54) is 12.1 Å². The van der Waals surface area contributed by atoms with Gasteiger partial charge in [0.2, 0.25) is 0 Å². The van der Waals surface area contributed by atoms with E-state index in [0.29, 0.717) is 12.0 Å². The van der Waals surface area contributed by atoms with E-state index in [9.17, 15) is 9.18 Å². The van der Waals surface area contributed by atoms with Crippen LogP contribution in [0.3, 0.4) is 0 Å². The van der Waals surface area contributed by atoms with Gasteiger partial charge in [-0.15, -0.1) is 0 Å². The highest BCUT2D eigenvalue weighted by Gasteiger charge is 2.31. The molecule has 2 aromatic carbocycles. The van der Waals surface area contributed by atoms with Gasteiger partial charge in [-0.2, -0.15) is 0 Å². The molecule has 0 N–H and O–H groups in total. The molecule has 0 fully saturated rings. The molecule has 1 aliphatic rings. The van der Waals surface area contributed by atoms with Crippen LogP contribution in [0.1, 0.15) is 27.4 Å². The van der Waals surface area contributed by atoms with E-state index in [-0.39, 0.29) is 17.5 Å². The molecule has 0 saturated heterocycles. The van der Waals surface area contributed by atoms with Crippen LogP contribution < -0.4 is 0 Å². The third-order valence-electron chi connectivity index (χ3n) is 3.28. The Morgan fingerprint density at radius 3 is 2.59 bits per heavy atom. The number of Topliss-reactive ketones (excluding diaryl/α,β-unsaturated/α-hetero) is 1. The molecule has 2 aromatic rings. The van der Waals surface area contributed by atoms with Gasteiger partial charge in [0.1, 0.15) is 5.82 Å². The second-order valence-corrected chi connectivity index (χ2v) is 4.33. The summed E-state index contributed by atoms with van der Waals surface area (Å²) in [5.41, 5.74) is 2.50. The SMILES string of the molecule is O=C1c2ccc(F)cc2CC1c1ccccc1. The van der Waals surface area contributed by atoms with E-state index >= 15 is 0 Å². The van der Waals surface area contributed by atoms with Crippen LogP contribution in [0.4, 0.5) is 4.39 Å². The third-order valence-corrected chi connectivity index (χ3v) is 3.28. The van der Waals surface area contributed by atoms with Crippen LogP contribution in [0.15, 0.2) is 48.5 Å². The van der Waals surface area contributed by atoms with Crippen LogP contribution in [0, 0.1) is 5.82 Å². The molecule has 1 aliphatic carbocycles. The topological polar surface area (TPSA) is 17.1 Å². The summed E-state index contributed by atoms with van der Waals surface area (Å²) < 4.78 is 13.1. The van der Waals surface area contributed by atoms with Crippen LogP contribution >= 0.6 is 0 Å². The van der Waals surface area contributed by atoms with E-state index in [1.807, 2.05) is 30.3 Å². The smallest absolute Gasteiger partial charge is 0.170 e. The zero-order valence-electron chi connectivity index (χ0n) is 9.19. The molecule has 1 atom stereocenters. The Morgan fingerprint density at radius 2 is 1.82 bits per heavy atom. The standard InChI is InChI=1S/C15H11FO/c16-12-6-7-13-11(8-12)9-14(15(13)17)10-4-2-1-3-5-10/h1-8,14H,9H2. The summed E-state index contributed by atoms with van der Waals surface area (Å²) in [6.45, 7) is 0. The van der Waals surface area contributed by atoms with Crippen molar-refractivity contribution < 1.29 is 9.18 Å². The minimum Gasteiger partial charge on any atom is -0.293 e. The first kappa shape index (κ1) is 10.2. The van der Waals surface area contributed by atoms with Crippen LogP contribution in [0.25, 0.3) is 0 Å². The van der Waals surface area contributed by atoms with Crippen molar-refractivity contribution in [3.63, 3.8) is 0 Å². The van der Waals surface area contributed by atoms with Crippen LogP contribution in [-0.2, 0) is 6.42 Å². The molecule has 17 heavy (non-hydrogen) atoms. The molecule has 1 nitrogen and oxygen atoms in total. The lowest BCUT2D eigenvalue weighted by Crippen LogP contribution is -2.06. The normalized spacial score (nSPS) is 18.2. The monoisotopic (exact) mass is 226 g/mol. The molecule has 0 bridgehead atoms. The van der Waals surface area contributed by atoms with Gasteiger partial charge < -0.3 is 0 Å². The largest absolute Gasteiger partial charge is 0.293 e. The van der Waals surface area contributed by atoms with E-state index in [4.69, 9.17) is 0 Å². The van der Waals surface area contributed by atoms with Gasteiger partial charge in [0, 0.05) is 5.56 Å². The van der Waals surface area contributed by atoms with Gasteiger partial charge in [-0.05, 0) is 35.7 Å². The summed E-state index contributed by atoms with van der Waals surface area (Å²) in [5, 5.41) is 0. The Bertz CT molecular complexity index is 575. The average Bonchev–Trinajstić information content (AvgIpc) is 2.67. The minimum atomic E-state index is -0.273. The lowest BCUT2D eigenvalue weighted by Gasteiger charge is -2.07. The number of rotatable bonds is 1. The quantitative estimate of drug-likeness (QED) is 0.728. The van der Waals surface area contributed by atoms with E-state index in [2.05, 4.69) is 0 Å². The maximum atomic E-state index is 13.1. The maximum absolute atomic E-state index is 13.1. The molecule has 3 rings (SSSR count). The highest BCUT2D eigenvalue weighted by molar-refractivity contribution is 6.05. The molecule has 2 heteroatoms. The number of hydrogen-bond acceptors (Lipinski definition) is 1. The Balaban J connectivity index is 2.02. The number of carbonyl (C=O) groups excluding carboxylic acids is 1. The van der Waals surface area contributed by atoms with Gasteiger partial charge in [0.05, 0.1) is 5.92 Å². The van der Waals surface area contributed by atoms with E-state index < -0.39 is 0 Å². The van der Waals surface area contributed by atoms with E-state index in [0.717, 1.165) is 11.1 Å². The molecule has 0 heterocycles. The molecule has 0 saturated carbocycles. The van der Waals surface area contributed by atoms with Crippen LogP contribution in [0.2, 0.25) is 0 Å². The van der Waals surface area contributed by atoms with Crippen molar-refractivity contribution in [3.8, 4) is 0 Å². The molecular weight excluding hydrogens is 215 g/mol. The van der Waals surface area contributed by atoms with Crippen LogP contribution in [-0.4, -0.2) is 5.78 Å². The molecule has 0 aromatic heterocycles. The molecule has 0 amide bonds. The Hall–Kier alpha value is -1.96. The maximum Gasteiger partial charge on any atom is 0.170 e. The fraction of sp³-hybridized carbons (Fsp3) is 0.133. The molecule has 1 unspecified atom stereocenters. The Kier molecular flexibility index (Phi) is 2.29. The number of ketones is 1. The van der Waals surface area contributed by atoms with E-state index in [1.54, 1.807) is 6.07 Å².